The molecule has 0 atom stereocenters. The van der Waals surface area contributed by atoms with E-state index in [1.54, 1.807) is 12.3 Å². The average molecular weight is 249 g/mol. The third-order valence-corrected chi connectivity index (χ3v) is 2.99. The summed E-state index contributed by atoms with van der Waals surface area (Å²) in [7, 11) is 0. The molecule has 0 unspecified atom stereocenters. The SMILES string of the molecule is Fc1ccc2nccc(C=Cc3ccccc3)c2c1. The van der Waals surface area contributed by atoms with Gasteiger partial charge >= 0.3 is 0 Å². The number of benzene rings is 2. The number of aromatic nitrogens is 1. The predicted molar refractivity (Wildman–Crippen MR) is 77.1 cm³/mol. The summed E-state index contributed by atoms with van der Waals surface area (Å²) in [5.41, 5.74) is 2.88. The zero-order chi connectivity index (χ0) is 13.1. The first-order valence-corrected chi connectivity index (χ1v) is 6.10. The number of halogens is 1. The third kappa shape index (κ3) is 2.52. The first-order valence-electron chi connectivity index (χ1n) is 6.10. The Bertz CT molecular complexity index is 733. The first kappa shape index (κ1) is 11.6. The summed E-state index contributed by atoms with van der Waals surface area (Å²) < 4.78 is 13.3. The number of hydrogen-bond donors (Lipinski definition) is 0. The lowest BCUT2D eigenvalue weighted by Gasteiger charge is -2.01. The molecule has 2 heteroatoms. The fourth-order valence-corrected chi connectivity index (χ4v) is 2.04. The first-order chi connectivity index (χ1) is 9.33. The highest BCUT2D eigenvalue weighted by Gasteiger charge is 2.00. The molecule has 92 valence electrons. The van der Waals surface area contributed by atoms with Crippen molar-refractivity contribution in [2.75, 3.05) is 0 Å². The molecule has 0 spiro atoms. The molecule has 0 aliphatic rings. The van der Waals surface area contributed by atoms with Crippen molar-refractivity contribution in [3.05, 3.63) is 77.7 Å². The summed E-state index contributed by atoms with van der Waals surface area (Å²) in [6, 6.07) is 16.6. The molecule has 0 aliphatic heterocycles. The number of fused-ring (bicyclic) bond motifs is 1. The van der Waals surface area contributed by atoms with Crippen LogP contribution in [0.25, 0.3) is 23.1 Å². The maximum absolute atomic E-state index is 13.3. The lowest BCUT2D eigenvalue weighted by atomic mass is 10.1. The molecule has 0 radical (unpaired) electrons. The van der Waals surface area contributed by atoms with Gasteiger partial charge in [-0.15, -0.1) is 0 Å². The van der Waals surface area contributed by atoms with Gasteiger partial charge in [0.25, 0.3) is 0 Å². The van der Waals surface area contributed by atoms with E-state index in [-0.39, 0.29) is 5.82 Å². The Hall–Kier alpha value is -2.48. The van der Waals surface area contributed by atoms with Gasteiger partial charge < -0.3 is 0 Å². The van der Waals surface area contributed by atoms with Gasteiger partial charge in [0.15, 0.2) is 0 Å². The normalized spacial score (nSPS) is 11.2. The minimum absolute atomic E-state index is 0.241. The van der Waals surface area contributed by atoms with Crippen molar-refractivity contribution in [2.24, 2.45) is 0 Å². The molecule has 3 aromatic rings. The van der Waals surface area contributed by atoms with E-state index in [1.807, 2.05) is 48.6 Å². The van der Waals surface area contributed by atoms with Gasteiger partial charge in [-0.05, 0) is 35.4 Å². The van der Waals surface area contributed by atoms with E-state index in [0.29, 0.717) is 0 Å². The third-order valence-electron chi connectivity index (χ3n) is 2.99. The molecular formula is C17H12FN. The van der Waals surface area contributed by atoms with Crippen LogP contribution in [0.2, 0.25) is 0 Å². The number of pyridine rings is 1. The topological polar surface area (TPSA) is 12.9 Å². The lowest BCUT2D eigenvalue weighted by Crippen LogP contribution is -1.84. The summed E-state index contributed by atoms with van der Waals surface area (Å²) in [6.07, 6.45) is 5.74. The molecule has 19 heavy (non-hydrogen) atoms. The molecule has 0 saturated carbocycles. The largest absolute Gasteiger partial charge is 0.256 e. The monoisotopic (exact) mass is 249 g/mol. The second-order valence-electron chi connectivity index (χ2n) is 4.31. The molecule has 0 amide bonds. The zero-order valence-corrected chi connectivity index (χ0v) is 10.3. The van der Waals surface area contributed by atoms with E-state index in [1.165, 1.54) is 12.1 Å². The summed E-state index contributed by atoms with van der Waals surface area (Å²) in [6.45, 7) is 0. The molecule has 2 aromatic carbocycles. The van der Waals surface area contributed by atoms with Gasteiger partial charge in [0.05, 0.1) is 5.52 Å². The van der Waals surface area contributed by atoms with Crippen LogP contribution in [0.15, 0.2) is 60.8 Å². The average Bonchev–Trinajstić information content (AvgIpc) is 2.46. The lowest BCUT2D eigenvalue weighted by molar-refractivity contribution is 0.629. The summed E-state index contributed by atoms with van der Waals surface area (Å²) in [5.74, 6) is -0.241. The molecule has 1 aromatic heterocycles. The van der Waals surface area contributed by atoms with Gasteiger partial charge in [-0.3, -0.25) is 4.98 Å². The smallest absolute Gasteiger partial charge is 0.123 e. The van der Waals surface area contributed by atoms with E-state index in [9.17, 15) is 4.39 Å². The minimum atomic E-state index is -0.241. The molecule has 0 bridgehead atoms. The van der Waals surface area contributed by atoms with Crippen LogP contribution >= 0.6 is 0 Å². The zero-order valence-electron chi connectivity index (χ0n) is 10.3. The Morgan fingerprint density at radius 1 is 0.895 bits per heavy atom. The van der Waals surface area contributed by atoms with Crippen LogP contribution in [0.3, 0.4) is 0 Å². The summed E-state index contributed by atoms with van der Waals surface area (Å²) in [4.78, 5) is 4.24. The van der Waals surface area contributed by atoms with Crippen molar-refractivity contribution in [3.8, 4) is 0 Å². The summed E-state index contributed by atoms with van der Waals surface area (Å²) >= 11 is 0. The van der Waals surface area contributed by atoms with E-state index in [0.717, 1.165) is 22.0 Å². The van der Waals surface area contributed by atoms with Gasteiger partial charge in [-0.2, -0.15) is 0 Å². The van der Waals surface area contributed by atoms with Crippen LogP contribution in [0, 0.1) is 5.82 Å². The van der Waals surface area contributed by atoms with Crippen LogP contribution < -0.4 is 0 Å². The molecule has 3 rings (SSSR count). The van der Waals surface area contributed by atoms with E-state index < -0.39 is 0 Å². The van der Waals surface area contributed by atoms with Crippen LogP contribution in [0.1, 0.15) is 11.1 Å². The van der Waals surface area contributed by atoms with Crippen molar-refractivity contribution in [3.63, 3.8) is 0 Å². The highest BCUT2D eigenvalue weighted by molar-refractivity contribution is 5.90. The second kappa shape index (κ2) is 5.02. The second-order valence-corrected chi connectivity index (χ2v) is 4.31. The fraction of sp³-hybridized carbons (Fsp3) is 0. The van der Waals surface area contributed by atoms with E-state index >= 15 is 0 Å². The fourth-order valence-electron chi connectivity index (χ4n) is 2.04. The molecular weight excluding hydrogens is 237 g/mol. The van der Waals surface area contributed by atoms with Crippen LogP contribution in [0.4, 0.5) is 4.39 Å². The van der Waals surface area contributed by atoms with Gasteiger partial charge in [-0.1, -0.05) is 42.5 Å². The van der Waals surface area contributed by atoms with E-state index in [2.05, 4.69) is 4.98 Å². The van der Waals surface area contributed by atoms with Crippen molar-refractivity contribution in [1.82, 2.24) is 4.98 Å². The Labute approximate surface area is 111 Å². The Kier molecular flexibility index (Phi) is 3.07. The molecule has 0 aliphatic carbocycles. The van der Waals surface area contributed by atoms with Crippen LogP contribution in [-0.4, -0.2) is 4.98 Å². The number of hydrogen-bond acceptors (Lipinski definition) is 1. The quantitative estimate of drug-likeness (QED) is 0.649. The van der Waals surface area contributed by atoms with Crippen molar-refractivity contribution >= 4 is 23.1 Å². The Morgan fingerprint density at radius 2 is 1.74 bits per heavy atom. The Morgan fingerprint density at radius 3 is 2.58 bits per heavy atom. The number of rotatable bonds is 2. The Balaban J connectivity index is 2.06. The highest BCUT2D eigenvalue weighted by atomic mass is 19.1. The molecule has 0 N–H and O–H groups in total. The number of nitrogens with zero attached hydrogens (tertiary/aromatic N) is 1. The molecule has 1 heterocycles. The minimum Gasteiger partial charge on any atom is -0.256 e. The van der Waals surface area contributed by atoms with Gasteiger partial charge in [0, 0.05) is 11.6 Å². The van der Waals surface area contributed by atoms with Crippen molar-refractivity contribution in [2.45, 2.75) is 0 Å². The molecule has 1 nitrogen and oxygen atoms in total. The van der Waals surface area contributed by atoms with Crippen LogP contribution in [-0.2, 0) is 0 Å². The van der Waals surface area contributed by atoms with Gasteiger partial charge in [0.1, 0.15) is 5.82 Å². The van der Waals surface area contributed by atoms with Crippen molar-refractivity contribution in [1.29, 1.82) is 0 Å². The van der Waals surface area contributed by atoms with Crippen LogP contribution in [0.5, 0.6) is 0 Å². The maximum Gasteiger partial charge on any atom is 0.123 e. The molecule has 0 saturated heterocycles. The highest BCUT2D eigenvalue weighted by Crippen LogP contribution is 2.20. The van der Waals surface area contributed by atoms with Crippen molar-refractivity contribution < 1.29 is 4.39 Å². The maximum atomic E-state index is 13.3. The molecule has 0 fully saturated rings. The van der Waals surface area contributed by atoms with E-state index in [4.69, 9.17) is 0 Å². The predicted octanol–water partition coefficient (Wildman–Crippen LogP) is 4.54. The van der Waals surface area contributed by atoms with Gasteiger partial charge in [0.2, 0.25) is 0 Å². The van der Waals surface area contributed by atoms with Gasteiger partial charge in [-0.25, -0.2) is 4.39 Å². The standard InChI is InChI=1S/C17H12FN/c18-15-8-9-17-16(12-15)14(10-11-19-17)7-6-13-4-2-1-3-5-13/h1-12H. The summed E-state index contributed by atoms with van der Waals surface area (Å²) in [5, 5.41) is 0.828.